The van der Waals surface area contributed by atoms with E-state index in [0.29, 0.717) is 38.8 Å². The fourth-order valence-corrected chi connectivity index (χ4v) is 7.62. The van der Waals surface area contributed by atoms with Gasteiger partial charge in [-0.25, -0.2) is 21.1 Å². The molecule has 2 aliphatic heterocycles. The second kappa shape index (κ2) is 7.77. The number of carbonyl (C=O) groups is 1. The summed E-state index contributed by atoms with van der Waals surface area (Å²) in [6, 6.07) is 6.41. The molecule has 1 spiro atoms. The number of ether oxygens (including phenoxy) is 1. The topological polar surface area (TPSA) is 113 Å². The first-order chi connectivity index (χ1) is 14.2. The Bertz CT molecular complexity index is 1030. The first-order valence-corrected chi connectivity index (χ1v) is 13.0. The Hall–Kier alpha value is -1.69. The monoisotopic (exact) mass is 457 g/mol. The Morgan fingerprint density at radius 2 is 1.90 bits per heavy atom. The molecule has 0 atom stereocenters. The minimum atomic E-state index is -3.95. The molecule has 0 radical (unpaired) electrons. The largest absolute Gasteiger partial charge is 0.492 e. The van der Waals surface area contributed by atoms with Gasteiger partial charge in [0.05, 0.1) is 18.4 Å². The van der Waals surface area contributed by atoms with Crippen molar-refractivity contribution < 1.29 is 26.4 Å². The van der Waals surface area contributed by atoms with Crippen LogP contribution >= 0.6 is 0 Å². The molecular weight excluding hydrogens is 430 g/mol. The quantitative estimate of drug-likeness (QED) is 0.700. The van der Waals surface area contributed by atoms with Gasteiger partial charge >= 0.3 is 0 Å². The molecule has 2 heterocycles. The van der Waals surface area contributed by atoms with Crippen LogP contribution in [0.5, 0.6) is 5.75 Å². The van der Waals surface area contributed by atoms with E-state index in [1.54, 1.807) is 18.2 Å². The van der Waals surface area contributed by atoms with Crippen LogP contribution in [0.4, 0.5) is 0 Å². The molecule has 11 heteroatoms. The number of benzene rings is 1. The van der Waals surface area contributed by atoms with Crippen LogP contribution in [0.1, 0.15) is 25.7 Å². The van der Waals surface area contributed by atoms with Crippen LogP contribution in [-0.2, 0) is 24.8 Å². The standard InChI is InChI=1S/C19H27N3O6S2/c1-20-18(23)12-22-13-19(8-10-21(11-9-19)29(24,25)15-6-7-15)14-28-16-4-2-3-5-17(16)30(22,26)27/h2-5,15H,6-14H2,1H3,(H,20,23). The number of likely N-dealkylation sites (N-methyl/N-ethyl adjacent to an activating group) is 1. The highest BCUT2D eigenvalue weighted by molar-refractivity contribution is 7.90. The van der Waals surface area contributed by atoms with Crippen LogP contribution in [-0.4, -0.2) is 76.4 Å². The lowest BCUT2D eigenvalue weighted by molar-refractivity contribution is -0.121. The van der Waals surface area contributed by atoms with E-state index in [-0.39, 0.29) is 35.6 Å². The molecule has 4 rings (SSSR count). The van der Waals surface area contributed by atoms with E-state index >= 15 is 0 Å². The lowest BCUT2D eigenvalue weighted by Gasteiger charge is -2.44. The smallest absolute Gasteiger partial charge is 0.247 e. The number of fused-ring (bicyclic) bond motifs is 1. The fourth-order valence-electron chi connectivity index (χ4n) is 4.13. The summed E-state index contributed by atoms with van der Waals surface area (Å²) in [5, 5.41) is 2.22. The number of rotatable bonds is 4. The number of amides is 1. The highest BCUT2D eigenvalue weighted by atomic mass is 32.2. The third kappa shape index (κ3) is 3.95. The van der Waals surface area contributed by atoms with Crippen molar-refractivity contribution >= 4 is 26.0 Å². The van der Waals surface area contributed by atoms with Crippen molar-refractivity contribution in [1.29, 1.82) is 0 Å². The first kappa shape index (κ1) is 21.5. The molecular formula is C19H27N3O6S2. The molecule has 1 N–H and O–H groups in total. The molecule has 0 unspecified atom stereocenters. The van der Waals surface area contributed by atoms with E-state index < -0.39 is 31.4 Å². The minimum absolute atomic E-state index is 0.0394. The van der Waals surface area contributed by atoms with Gasteiger partial charge in [-0.3, -0.25) is 4.79 Å². The van der Waals surface area contributed by atoms with E-state index in [1.807, 2.05) is 0 Å². The molecule has 2 fully saturated rings. The number of nitrogens with one attached hydrogen (secondary N) is 1. The predicted molar refractivity (Wildman–Crippen MR) is 110 cm³/mol. The number of carbonyl (C=O) groups excluding carboxylic acids is 1. The van der Waals surface area contributed by atoms with Gasteiger partial charge in [0.15, 0.2) is 0 Å². The molecule has 3 aliphatic rings. The van der Waals surface area contributed by atoms with Gasteiger partial charge in [-0.2, -0.15) is 4.31 Å². The maximum absolute atomic E-state index is 13.3. The summed E-state index contributed by atoms with van der Waals surface area (Å²) in [5.74, 6) is -0.145. The van der Waals surface area contributed by atoms with E-state index in [4.69, 9.17) is 4.74 Å². The fraction of sp³-hybridized carbons (Fsp3) is 0.632. The number of sulfonamides is 2. The van der Waals surface area contributed by atoms with Gasteiger partial charge in [-0.05, 0) is 37.8 Å². The van der Waals surface area contributed by atoms with Gasteiger partial charge in [0.25, 0.3) is 0 Å². The minimum Gasteiger partial charge on any atom is -0.492 e. The van der Waals surface area contributed by atoms with E-state index in [1.165, 1.54) is 21.7 Å². The molecule has 0 bridgehead atoms. The number of piperidine rings is 1. The molecule has 1 amide bonds. The van der Waals surface area contributed by atoms with Crippen molar-refractivity contribution in [2.24, 2.45) is 5.41 Å². The van der Waals surface area contributed by atoms with Crippen molar-refractivity contribution in [1.82, 2.24) is 13.9 Å². The average Bonchev–Trinajstić information content (AvgIpc) is 3.58. The number of para-hydroxylation sites is 1. The molecule has 1 saturated heterocycles. The number of nitrogens with zero attached hydrogens (tertiary/aromatic N) is 2. The molecule has 1 aromatic carbocycles. The average molecular weight is 458 g/mol. The van der Waals surface area contributed by atoms with Crippen molar-refractivity contribution in [3.63, 3.8) is 0 Å². The Morgan fingerprint density at radius 3 is 2.53 bits per heavy atom. The molecule has 9 nitrogen and oxygen atoms in total. The number of hydrogen-bond acceptors (Lipinski definition) is 6. The van der Waals surface area contributed by atoms with Crippen molar-refractivity contribution in [3.05, 3.63) is 24.3 Å². The zero-order chi connectivity index (χ0) is 21.6. The molecule has 1 aromatic rings. The maximum Gasteiger partial charge on any atom is 0.247 e. The van der Waals surface area contributed by atoms with E-state index in [0.717, 1.165) is 0 Å². The molecule has 166 valence electrons. The third-order valence-electron chi connectivity index (χ3n) is 6.20. The normalized spacial score (nSPS) is 24.3. The third-order valence-corrected chi connectivity index (χ3v) is 10.4. The Morgan fingerprint density at radius 1 is 1.23 bits per heavy atom. The summed E-state index contributed by atoms with van der Waals surface area (Å²) in [5.41, 5.74) is -0.565. The SMILES string of the molecule is CNC(=O)CN1CC2(CCN(S(=O)(=O)C3CC3)CC2)COc2ccccc2S1(=O)=O. The summed E-state index contributed by atoms with van der Waals surface area (Å²) in [4.78, 5) is 12.1. The molecule has 1 saturated carbocycles. The summed E-state index contributed by atoms with van der Waals surface area (Å²) < 4.78 is 60.5. The van der Waals surface area contributed by atoms with Gasteiger partial charge in [-0.15, -0.1) is 0 Å². The van der Waals surface area contributed by atoms with Crippen molar-refractivity contribution in [2.45, 2.75) is 35.8 Å². The Labute approximate surface area is 177 Å². The van der Waals surface area contributed by atoms with Crippen LogP contribution in [0.2, 0.25) is 0 Å². The van der Waals surface area contributed by atoms with Gasteiger partial charge in [0.2, 0.25) is 26.0 Å². The van der Waals surface area contributed by atoms with Crippen molar-refractivity contribution in [3.8, 4) is 5.75 Å². The van der Waals surface area contributed by atoms with Crippen LogP contribution in [0, 0.1) is 5.41 Å². The highest BCUT2D eigenvalue weighted by Gasteiger charge is 2.47. The molecule has 0 aromatic heterocycles. The Balaban J connectivity index is 1.63. The Kier molecular flexibility index (Phi) is 5.58. The van der Waals surface area contributed by atoms with Crippen LogP contribution in [0.3, 0.4) is 0 Å². The van der Waals surface area contributed by atoms with Gasteiger partial charge < -0.3 is 10.1 Å². The van der Waals surface area contributed by atoms with Gasteiger partial charge in [-0.1, -0.05) is 12.1 Å². The summed E-state index contributed by atoms with van der Waals surface area (Å²) in [6.07, 6.45) is 2.37. The van der Waals surface area contributed by atoms with Gasteiger partial charge in [0.1, 0.15) is 10.6 Å². The molecule has 30 heavy (non-hydrogen) atoms. The van der Waals surface area contributed by atoms with Crippen LogP contribution in [0.25, 0.3) is 0 Å². The lowest BCUT2D eigenvalue weighted by Crippen LogP contribution is -2.54. The first-order valence-electron chi connectivity index (χ1n) is 10.1. The van der Waals surface area contributed by atoms with Crippen LogP contribution in [0.15, 0.2) is 29.2 Å². The van der Waals surface area contributed by atoms with E-state index in [9.17, 15) is 21.6 Å². The zero-order valence-electron chi connectivity index (χ0n) is 16.9. The predicted octanol–water partition coefficient (Wildman–Crippen LogP) is 0.390. The number of hydrogen-bond donors (Lipinski definition) is 1. The maximum atomic E-state index is 13.3. The highest BCUT2D eigenvalue weighted by Crippen LogP contribution is 2.41. The second-order valence-corrected chi connectivity index (χ2v) is 12.4. The van der Waals surface area contributed by atoms with E-state index in [2.05, 4.69) is 5.32 Å². The molecule has 1 aliphatic carbocycles. The summed E-state index contributed by atoms with van der Waals surface area (Å²) >= 11 is 0. The lowest BCUT2D eigenvalue weighted by atomic mass is 9.79. The van der Waals surface area contributed by atoms with Crippen molar-refractivity contribution in [2.75, 3.05) is 39.8 Å². The summed E-state index contributed by atoms with van der Waals surface area (Å²) in [6.45, 7) is 0.740. The summed E-state index contributed by atoms with van der Waals surface area (Å²) in [7, 11) is -5.76. The zero-order valence-corrected chi connectivity index (χ0v) is 18.5. The second-order valence-electron chi connectivity index (χ2n) is 8.33. The van der Waals surface area contributed by atoms with Gasteiger partial charge in [0, 0.05) is 32.1 Å². The van der Waals surface area contributed by atoms with Crippen LogP contribution < -0.4 is 10.1 Å².